The first kappa shape index (κ1) is 14.8. The number of aromatic nitrogens is 2. The topological polar surface area (TPSA) is 46.9 Å². The maximum Gasteiger partial charge on any atom is 0.240 e. The minimum Gasteiger partial charge on any atom is -0.354 e. The Morgan fingerprint density at radius 2 is 2.25 bits per heavy atom. The van der Waals surface area contributed by atoms with E-state index in [0.29, 0.717) is 29.3 Å². The summed E-state index contributed by atoms with van der Waals surface area (Å²) in [5.74, 6) is 0.668. The van der Waals surface area contributed by atoms with Gasteiger partial charge < -0.3 is 9.88 Å². The third kappa shape index (κ3) is 3.28. The molecule has 0 fully saturated rings. The van der Waals surface area contributed by atoms with Gasteiger partial charge in [-0.25, -0.2) is 9.37 Å². The van der Waals surface area contributed by atoms with Crippen LogP contribution in [0.2, 0.25) is 0 Å². The van der Waals surface area contributed by atoms with Gasteiger partial charge in [0, 0.05) is 12.6 Å². The van der Waals surface area contributed by atoms with E-state index in [2.05, 4.69) is 10.3 Å². The maximum atomic E-state index is 13.2. The van der Waals surface area contributed by atoms with Gasteiger partial charge in [0.2, 0.25) is 5.91 Å². The highest BCUT2D eigenvalue weighted by molar-refractivity contribution is 6.16. The molecule has 0 aliphatic carbocycles. The van der Waals surface area contributed by atoms with Crippen molar-refractivity contribution in [3.05, 3.63) is 29.8 Å². The van der Waals surface area contributed by atoms with Gasteiger partial charge in [-0.2, -0.15) is 0 Å². The second-order valence-electron chi connectivity index (χ2n) is 5.08. The normalized spacial score (nSPS) is 11.2. The fourth-order valence-electron chi connectivity index (χ4n) is 1.95. The van der Waals surface area contributed by atoms with Crippen molar-refractivity contribution in [1.29, 1.82) is 0 Å². The van der Waals surface area contributed by atoms with Gasteiger partial charge in [0.05, 0.1) is 16.9 Å². The fourth-order valence-corrected chi connectivity index (χ4v) is 2.15. The minimum absolute atomic E-state index is 0.103. The minimum atomic E-state index is -0.354. The number of nitrogens with zero attached hydrogens (tertiary/aromatic N) is 2. The predicted octanol–water partition coefficient (Wildman–Crippen LogP) is 2.69. The van der Waals surface area contributed by atoms with Crippen molar-refractivity contribution < 1.29 is 9.18 Å². The SMILES string of the molecule is CC(C)CNC(=O)Cn1c(CCl)nc2cc(F)ccc21. The molecule has 1 amide bonds. The van der Waals surface area contributed by atoms with Crippen molar-refractivity contribution >= 4 is 28.5 Å². The number of carbonyl (C=O) groups excluding carboxylic acids is 1. The van der Waals surface area contributed by atoms with E-state index in [9.17, 15) is 9.18 Å². The molecule has 2 rings (SSSR count). The maximum absolute atomic E-state index is 13.2. The number of fused-ring (bicyclic) bond motifs is 1. The Hall–Kier alpha value is -1.62. The zero-order valence-electron chi connectivity index (χ0n) is 11.5. The monoisotopic (exact) mass is 297 g/mol. The molecule has 1 N–H and O–H groups in total. The van der Waals surface area contributed by atoms with Gasteiger partial charge in [-0.05, 0) is 18.1 Å². The molecule has 1 aromatic heterocycles. The number of nitrogens with one attached hydrogen (secondary N) is 1. The summed E-state index contributed by atoms with van der Waals surface area (Å²) >= 11 is 5.85. The van der Waals surface area contributed by atoms with E-state index in [1.807, 2.05) is 13.8 Å². The van der Waals surface area contributed by atoms with Crippen molar-refractivity contribution in [2.24, 2.45) is 5.92 Å². The molecule has 0 saturated heterocycles. The standard InChI is InChI=1S/C14H17ClFN3O/c1-9(2)7-17-14(20)8-19-12-4-3-10(16)5-11(12)18-13(19)6-15/h3-5,9H,6-8H2,1-2H3,(H,17,20). The molecule has 20 heavy (non-hydrogen) atoms. The molecule has 2 aromatic rings. The number of benzene rings is 1. The second-order valence-corrected chi connectivity index (χ2v) is 5.35. The highest BCUT2D eigenvalue weighted by Crippen LogP contribution is 2.18. The van der Waals surface area contributed by atoms with Crippen molar-refractivity contribution in [2.45, 2.75) is 26.3 Å². The van der Waals surface area contributed by atoms with Gasteiger partial charge in [0.25, 0.3) is 0 Å². The lowest BCUT2D eigenvalue weighted by atomic mass is 10.2. The van der Waals surface area contributed by atoms with Crippen molar-refractivity contribution in [3.8, 4) is 0 Å². The summed E-state index contributed by atoms with van der Waals surface area (Å²) in [4.78, 5) is 16.2. The number of rotatable bonds is 5. The van der Waals surface area contributed by atoms with Gasteiger partial charge in [-0.3, -0.25) is 4.79 Å². The average molecular weight is 298 g/mol. The van der Waals surface area contributed by atoms with Gasteiger partial charge in [0.15, 0.2) is 0 Å². The molecule has 0 radical (unpaired) electrons. The first-order chi connectivity index (χ1) is 9.51. The summed E-state index contributed by atoms with van der Waals surface area (Å²) in [5, 5.41) is 2.84. The van der Waals surface area contributed by atoms with Crippen LogP contribution in [-0.4, -0.2) is 22.0 Å². The molecule has 6 heteroatoms. The van der Waals surface area contributed by atoms with Crippen LogP contribution in [0.3, 0.4) is 0 Å². The molecule has 0 unspecified atom stereocenters. The van der Waals surface area contributed by atoms with E-state index < -0.39 is 0 Å². The Labute approximate surface area is 121 Å². The van der Waals surface area contributed by atoms with Crippen LogP contribution >= 0.6 is 11.6 Å². The molecule has 1 heterocycles. The molecule has 108 valence electrons. The lowest BCUT2D eigenvalue weighted by Crippen LogP contribution is -2.31. The van der Waals surface area contributed by atoms with Crippen LogP contribution < -0.4 is 5.32 Å². The number of amides is 1. The van der Waals surface area contributed by atoms with Crippen LogP contribution in [0.5, 0.6) is 0 Å². The van der Waals surface area contributed by atoms with E-state index in [4.69, 9.17) is 11.6 Å². The first-order valence-electron chi connectivity index (χ1n) is 6.48. The van der Waals surface area contributed by atoms with Crippen molar-refractivity contribution in [3.63, 3.8) is 0 Å². The molecule has 0 spiro atoms. The zero-order chi connectivity index (χ0) is 14.7. The van der Waals surface area contributed by atoms with E-state index in [0.717, 1.165) is 0 Å². The lowest BCUT2D eigenvalue weighted by Gasteiger charge is -2.10. The second kappa shape index (κ2) is 6.22. The highest BCUT2D eigenvalue weighted by Gasteiger charge is 2.13. The Bertz CT molecular complexity index is 624. The zero-order valence-corrected chi connectivity index (χ0v) is 12.2. The largest absolute Gasteiger partial charge is 0.354 e. The Morgan fingerprint density at radius 1 is 1.50 bits per heavy atom. The third-order valence-electron chi connectivity index (χ3n) is 2.92. The fraction of sp³-hybridized carbons (Fsp3) is 0.429. The van der Waals surface area contributed by atoms with E-state index >= 15 is 0 Å². The van der Waals surface area contributed by atoms with Crippen LogP contribution in [0.4, 0.5) is 4.39 Å². The van der Waals surface area contributed by atoms with Crippen LogP contribution in [0, 0.1) is 11.7 Å². The summed E-state index contributed by atoms with van der Waals surface area (Å²) in [6, 6.07) is 4.31. The predicted molar refractivity (Wildman–Crippen MR) is 77.1 cm³/mol. The van der Waals surface area contributed by atoms with Crippen LogP contribution in [0.1, 0.15) is 19.7 Å². The summed E-state index contributed by atoms with van der Waals surface area (Å²) in [5.41, 5.74) is 1.22. The number of hydrogen-bond acceptors (Lipinski definition) is 2. The number of hydrogen-bond donors (Lipinski definition) is 1. The van der Waals surface area contributed by atoms with Crippen molar-refractivity contribution in [1.82, 2.24) is 14.9 Å². The number of halogens is 2. The smallest absolute Gasteiger partial charge is 0.240 e. The molecular weight excluding hydrogens is 281 g/mol. The van der Waals surface area contributed by atoms with E-state index in [1.165, 1.54) is 12.1 Å². The third-order valence-corrected chi connectivity index (χ3v) is 3.16. The average Bonchev–Trinajstić information content (AvgIpc) is 2.73. The van der Waals surface area contributed by atoms with Crippen LogP contribution in [0.25, 0.3) is 11.0 Å². The summed E-state index contributed by atoms with van der Waals surface area (Å²) in [6.07, 6.45) is 0. The van der Waals surface area contributed by atoms with Gasteiger partial charge >= 0.3 is 0 Å². The summed E-state index contributed by atoms with van der Waals surface area (Å²) < 4.78 is 14.9. The molecule has 0 atom stereocenters. The Balaban J connectivity index is 2.26. The molecule has 0 bridgehead atoms. The van der Waals surface area contributed by atoms with Crippen LogP contribution in [-0.2, 0) is 17.2 Å². The number of carbonyl (C=O) groups is 1. The number of alkyl halides is 1. The highest BCUT2D eigenvalue weighted by atomic mass is 35.5. The molecule has 1 aromatic carbocycles. The summed E-state index contributed by atoms with van der Waals surface area (Å²) in [7, 11) is 0. The van der Waals surface area contributed by atoms with E-state index in [1.54, 1.807) is 10.6 Å². The lowest BCUT2D eigenvalue weighted by molar-refractivity contribution is -0.121. The molecular formula is C14H17ClFN3O. The first-order valence-corrected chi connectivity index (χ1v) is 7.02. The molecule has 0 aliphatic rings. The van der Waals surface area contributed by atoms with Crippen LogP contribution in [0.15, 0.2) is 18.2 Å². The van der Waals surface area contributed by atoms with Crippen molar-refractivity contribution in [2.75, 3.05) is 6.54 Å². The van der Waals surface area contributed by atoms with Gasteiger partial charge in [-0.15, -0.1) is 11.6 Å². The van der Waals surface area contributed by atoms with Gasteiger partial charge in [0.1, 0.15) is 18.2 Å². The molecule has 0 saturated carbocycles. The molecule has 0 aliphatic heterocycles. The summed E-state index contributed by atoms with van der Waals surface area (Å²) in [6.45, 7) is 4.81. The molecule has 4 nitrogen and oxygen atoms in total. The Morgan fingerprint density at radius 3 is 2.90 bits per heavy atom. The quantitative estimate of drug-likeness (QED) is 0.863. The van der Waals surface area contributed by atoms with E-state index in [-0.39, 0.29) is 24.1 Å². The number of imidazole rings is 1. The van der Waals surface area contributed by atoms with Gasteiger partial charge in [-0.1, -0.05) is 13.8 Å². The Kier molecular flexibility index (Phi) is 4.60.